The number of morpholine rings is 1. The molecule has 2 saturated heterocycles. The molecular formula is C11H21ClN2O2. The number of ether oxygens (including phenoxy) is 1. The average molecular weight is 249 g/mol. The summed E-state index contributed by atoms with van der Waals surface area (Å²) in [5.74, 6) is 0.259. The van der Waals surface area contributed by atoms with Crippen LogP contribution in [0.4, 0.5) is 0 Å². The summed E-state index contributed by atoms with van der Waals surface area (Å²) in [5, 5.41) is 3.16. The molecule has 2 aliphatic rings. The fraction of sp³-hybridized carbons (Fsp3) is 0.909. The number of rotatable bonds is 2. The zero-order valence-corrected chi connectivity index (χ0v) is 10.8. The summed E-state index contributed by atoms with van der Waals surface area (Å²) in [6.45, 7) is 6.63. The van der Waals surface area contributed by atoms with Crippen LogP contribution in [0, 0.1) is 0 Å². The lowest BCUT2D eigenvalue weighted by Crippen LogP contribution is -2.58. The summed E-state index contributed by atoms with van der Waals surface area (Å²) >= 11 is 0. The molecule has 2 unspecified atom stereocenters. The molecule has 0 bridgehead atoms. The summed E-state index contributed by atoms with van der Waals surface area (Å²) in [5.41, 5.74) is 0. The van der Waals surface area contributed by atoms with Crippen molar-refractivity contribution >= 4 is 18.3 Å². The highest BCUT2D eigenvalue weighted by atomic mass is 35.5. The molecule has 94 valence electrons. The van der Waals surface area contributed by atoms with Crippen LogP contribution in [-0.4, -0.2) is 48.7 Å². The maximum atomic E-state index is 12.0. The lowest BCUT2D eigenvalue weighted by Gasteiger charge is -2.40. The van der Waals surface area contributed by atoms with Crippen LogP contribution < -0.4 is 5.32 Å². The fourth-order valence-electron chi connectivity index (χ4n) is 2.17. The lowest BCUT2D eigenvalue weighted by atomic mass is 10.0. The van der Waals surface area contributed by atoms with E-state index in [-0.39, 0.29) is 36.6 Å². The molecule has 2 fully saturated rings. The molecule has 0 aromatic rings. The van der Waals surface area contributed by atoms with E-state index in [0.29, 0.717) is 0 Å². The van der Waals surface area contributed by atoms with Crippen molar-refractivity contribution in [1.29, 1.82) is 0 Å². The summed E-state index contributed by atoms with van der Waals surface area (Å²) in [6.07, 6.45) is 2.36. The molecule has 16 heavy (non-hydrogen) atoms. The highest BCUT2D eigenvalue weighted by Gasteiger charge is 2.33. The predicted molar refractivity (Wildman–Crippen MR) is 64.9 cm³/mol. The van der Waals surface area contributed by atoms with Crippen molar-refractivity contribution in [2.75, 3.05) is 19.6 Å². The first-order valence-corrected chi connectivity index (χ1v) is 5.88. The molecule has 2 rings (SSSR count). The minimum Gasteiger partial charge on any atom is -0.372 e. The van der Waals surface area contributed by atoms with Gasteiger partial charge in [-0.25, -0.2) is 0 Å². The Labute approximate surface area is 103 Å². The number of hydrogen-bond donors (Lipinski definition) is 1. The Balaban J connectivity index is 0.00000128. The SMILES string of the molecule is CCC1CN(C(=O)[C@H]2CCN2)CC(C)O1.Cl. The van der Waals surface area contributed by atoms with Gasteiger partial charge in [-0.15, -0.1) is 12.4 Å². The van der Waals surface area contributed by atoms with Crippen molar-refractivity contribution in [3.8, 4) is 0 Å². The van der Waals surface area contributed by atoms with E-state index >= 15 is 0 Å². The highest BCUT2D eigenvalue weighted by Crippen LogP contribution is 2.16. The van der Waals surface area contributed by atoms with Crippen molar-refractivity contribution in [2.24, 2.45) is 0 Å². The third-order valence-corrected chi connectivity index (χ3v) is 3.22. The molecular weight excluding hydrogens is 228 g/mol. The second kappa shape index (κ2) is 5.84. The van der Waals surface area contributed by atoms with Gasteiger partial charge in [0.25, 0.3) is 0 Å². The number of carbonyl (C=O) groups excluding carboxylic acids is 1. The predicted octanol–water partition coefficient (Wildman–Crippen LogP) is 0.796. The van der Waals surface area contributed by atoms with E-state index in [0.717, 1.165) is 32.5 Å². The maximum Gasteiger partial charge on any atom is 0.239 e. The van der Waals surface area contributed by atoms with Crippen LogP contribution in [0.1, 0.15) is 26.7 Å². The molecule has 1 N–H and O–H groups in total. The first kappa shape index (κ1) is 13.7. The van der Waals surface area contributed by atoms with Crippen molar-refractivity contribution in [1.82, 2.24) is 10.2 Å². The molecule has 0 aliphatic carbocycles. The zero-order chi connectivity index (χ0) is 10.8. The summed E-state index contributed by atoms with van der Waals surface area (Å²) < 4.78 is 5.73. The minimum atomic E-state index is 0. The number of nitrogens with zero attached hydrogens (tertiary/aromatic N) is 1. The van der Waals surface area contributed by atoms with Crippen LogP contribution in [0.25, 0.3) is 0 Å². The van der Waals surface area contributed by atoms with Crippen LogP contribution in [0.5, 0.6) is 0 Å². The van der Waals surface area contributed by atoms with E-state index in [4.69, 9.17) is 4.74 Å². The lowest BCUT2D eigenvalue weighted by molar-refractivity contribution is -0.148. The largest absolute Gasteiger partial charge is 0.372 e. The van der Waals surface area contributed by atoms with E-state index < -0.39 is 0 Å². The molecule has 0 saturated carbocycles. The second-order valence-electron chi connectivity index (χ2n) is 4.52. The molecule has 0 radical (unpaired) electrons. The van der Waals surface area contributed by atoms with Gasteiger partial charge in [-0.2, -0.15) is 0 Å². The average Bonchev–Trinajstić information content (AvgIpc) is 2.14. The van der Waals surface area contributed by atoms with Gasteiger partial charge in [-0.1, -0.05) is 6.92 Å². The normalized spacial score (nSPS) is 33.9. The van der Waals surface area contributed by atoms with E-state index in [1.807, 2.05) is 11.8 Å². The molecule has 0 aromatic heterocycles. The third kappa shape index (κ3) is 2.87. The quantitative estimate of drug-likeness (QED) is 0.786. The summed E-state index contributed by atoms with van der Waals surface area (Å²) in [6, 6.07) is 0.0767. The van der Waals surface area contributed by atoms with Crippen LogP contribution in [0.3, 0.4) is 0 Å². The van der Waals surface area contributed by atoms with Crippen molar-refractivity contribution in [2.45, 2.75) is 44.9 Å². The first-order valence-electron chi connectivity index (χ1n) is 5.88. The van der Waals surface area contributed by atoms with Gasteiger partial charge in [-0.05, 0) is 26.3 Å². The van der Waals surface area contributed by atoms with Gasteiger partial charge in [0.15, 0.2) is 0 Å². The molecule has 4 nitrogen and oxygen atoms in total. The number of halogens is 1. The number of carbonyl (C=O) groups is 1. The first-order chi connectivity index (χ1) is 7.20. The molecule has 1 amide bonds. The number of amides is 1. The minimum absolute atomic E-state index is 0. The van der Waals surface area contributed by atoms with Gasteiger partial charge in [0.05, 0.1) is 18.2 Å². The summed E-state index contributed by atoms with van der Waals surface area (Å²) in [7, 11) is 0. The van der Waals surface area contributed by atoms with E-state index in [2.05, 4.69) is 12.2 Å². The Morgan fingerprint density at radius 2 is 2.19 bits per heavy atom. The monoisotopic (exact) mass is 248 g/mol. The molecule has 2 heterocycles. The highest BCUT2D eigenvalue weighted by molar-refractivity contribution is 5.85. The van der Waals surface area contributed by atoms with Gasteiger partial charge in [0, 0.05) is 13.1 Å². The molecule has 0 aromatic carbocycles. The van der Waals surface area contributed by atoms with Crippen LogP contribution >= 0.6 is 12.4 Å². The summed E-state index contributed by atoms with van der Waals surface area (Å²) in [4.78, 5) is 14.0. The van der Waals surface area contributed by atoms with Gasteiger partial charge in [0.1, 0.15) is 0 Å². The van der Waals surface area contributed by atoms with Crippen LogP contribution in [-0.2, 0) is 9.53 Å². The standard InChI is InChI=1S/C11H20N2O2.ClH/c1-3-9-7-13(6-8(2)15-9)11(14)10-4-5-12-10;/h8-10,12H,3-7H2,1-2H3;1H/t8?,9?,10-;/m1./s1. The van der Waals surface area contributed by atoms with Gasteiger partial charge < -0.3 is 15.0 Å². The van der Waals surface area contributed by atoms with Crippen LogP contribution in [0.2, 0.25) is 0 Å². The smallest absolute Gasteiger partial charge is 0.239 e. The van der Waals surface area contributed by atoms with Crippen molar-refractivity contribution in [3.63, 3.8) is 0 Å². The maximum absolute atomic E-state index is 12.0. The zero-order valence-electron chi connectivity index (χ0n) is 9.94. The Morgan fingerprint density at radius 3 is 2.69 bits per heavy atom. The van der Waals surface area contributed by atoms with E-state index in [1.165, 1.54) is 0 Å². The molecule has 2 aliphatic heterocycles. The molecule has 3 atom stereocenters. The van der Waals surface area contributed by atoms with Crippen molar-refractivity contribution in [3.05, 3.63) is 0 Å². The van der Waals surface area contributed by atoms with E-state index in [9.17, 15) is 4.79 Å². The number of nitrogens with one attached hydrogen (secondary N) is 1. The Morgan fingerprint density at radius 1 is 1.50 bits per heavy atom. The van der Waals surface area contributed by atoms with Gasteiger partial charge in [0.2, 0.25) is 5.91 Å². The molecule has 5 heteroatoms. The third-order valence-electron chi connectivity index (χ3n) is 3.22. The second-order valence-corrected chi connectivity index (χ2v) is 4.52. The number of hydrogen-bond acceptors (Lipinski definition) is 3. The van der Waals surface area contributed by atoms with E-state index in [1.54, 1.807) is 0 Å². The van der Waals surface area contributed by atoms with Gasteiger partial charge >= 0.3 is 0 Å². The topological polar surface area (TPSA) is 41.6 Å². The Kier molecular flexibility index (Phi) is 5.02. The molecule has 0 spiro atoms. The van der Waals surface area contributed by atoms with Gasteiger partial charge in [-0.3, -0.25) is 4.79 Å². The van der Waals surface area contributed by atoms with Crippen molar-refractivity contribution < 1.29 is 9.53 Å². The van der Waals surface area contributed by atoms with Crippen LogP contribution in [0.15, 0.2) is 0 Å². The Hall–Kier alpha value is -0.320. The fourth-order valence-corrected chi connectivity index (χ4v) is 2.17. The Bertz CT molecular complexity index is 246.